The largest absolute Gasteiger partial charge is 0.467 e. The van der Waals surface area contributed by atoms with Gasteiger partial charge in [-0.1, -0.05) is 85.2 Å². The number of likely N-dealkylation sites (N-methyl/N-ethyl adjacent to an activating group) is 2. The average Bonchev–Trinajstić information content (AvgIpc) is 3.62. The normalized spacial score (nSPS) is 19.1. The summed E-state index contributed by atoms with van der Waals surface area (Å²) in [4.78, 5) is 71.5. The minimum atomic E-state index is -0.885. The van der Waals surface area contributed by atoms with E-state index in [1.54, 1.807) is 37.9 Å². The maximum Gasteiger partial charge on any atom is 0.328 e. The van der Waals surface area contributed by atoms with Gasteiger partial charge in [-0.05, 0) is 43.2 Å². The van der Waals surface area contributed by atoms with Gasteiger partial charge in [0, 0.05) is 46.6 Å². The number of nitrogens with zero attached hydrogens (tertiary/aromatic N) is 2. The second-order valence-corrected chi connectivity index (χ2v) is 15.4. The molecule has 0 bridgehead atoms. The number of benzene rings is 1. The van der Waals surface area contributed by atoms with Crippen LogP contribution < -0.4 is 10.6 Å². The summed E-state index contributed by atoms with van der Waals surface area (Å²) in [5.74, 6) is -2.40. The minimum Gasteiger partial charge on any atom is -0.467 e. The van der Waals surface area contributed by atoms with Crippen molar-refractivity contribution in [2.24, 2.45) is 29.6 Å². The molecular formula is C41H68N4O8. The Morgan fingerprint density at radius 2 is 1.57 bits per heavy atom. The molecule has 12 nitrogen and oxygen atoms in total. The summed E-state index contributed by atoms with van der Waals surface area (Å²) >= 11 is 0. The van der Waals surface area contributed by atoms with Gasteiger partial charge in [0.25, 0.3) is 0 Å². The molecule has 9 atom stereocenters. The monoisotopic (exact) mass is 745 g/mol. The number of amides is 3. The highest BCUT2D eigenvalue weighted by Crippen LogP contribution is 2.31. The van der Waals surface area contributed by atoms with E-state index in [9.17, 15) is 24.0 Å². The molecule has 2 unspecified atom stereocenters. The van der Waals surface area contributed by atoms with Crippen LogP contribution in [0.4, 0.5) is 0 Å². The number of nitrogens with one attached hydrogen (secondary N) is 2. The number of methoxy groups -OCH3 is 3. The Balaban J connectivity index is 2.27. The van der Waals surface area contributed by atoms with Crippen LogP contribution in [0.15, 0.2) is 30.3 Å². The fourth-order valence-corrected chi connectivity index (χ4v) is 7.87. The molecule has 1 aromatic rings. The SMILES string of the molecule is CCC(C)[C@@H]([C@@H](CC(=O)N1CCC[C@H]1[C@H](OC)[C@@H](C)C(=O)NC(Cc1ccccc1)C(=O)OC)OC)N(C)C(=O)[C@@H](CC(=O)[C@@H](NC)C(C)C)C(C)C. The summed E-state index contributed by atoms with van der Waals surface area (Å²) in [6, 6.07) is 7.36. The minimum absolute atomic E-state index is 0.00519. The molecule has 0 spiro atoms. The number of likely N-dealkylation sites (tertiary alicyclic amines) is 1. The molecule has 0 saturated carbocycles. The fourth-order valence-electron chi connectivity index (χ4n) is 7.87. The predicted octanol–water partition coefficient (Wildman–Crippen LogP) is 4.28. The Labute approximate surface area is 318 Å². The Morgan fingerprint density at radius 1 is 0.925 bits per heavy atom. The molecule has 1 fully saturated rings. The molecule has 1 saturated heterocycles. The number of ether oxygens (including phenoxy) is 3. The standard InChI is InChI=1S/C41H68N4O8/c1-13-27(6)37(44(9)40(49)30(25(2)3)23-33(46)36(42-8)26(4)5)34(51-10)24-35(47)45-21-17-20-32(45)38(52-11)28(7)39(48)43-31(41(50)53-12)22-29-18-15-14-16-19-29/h14-16,18-19,25-28,30-32,34,36-38,42H,13,17,20-24H2,1-12H3,(H,43,48)/t27?,28-,30+,31?,32+,34-,36+,37+,38-/m1/s1. The molecule has 1 aliphatic rings. The molecule has 12 heteroatoms. The van der Waals surface area contributed by atoms with E-state index in [2.05, 4.69) is 17.6 Å². The van der Waals surface area contributed by atoms with Crippen molar-refractivity contribution in [3.8, 4) is 0 Å². The number of carbonyl (C=O) groups is 5. The summed E-state index contributed by atoms with van der Waals surface area (Å²) in [7, 11) is 7.91. The first-order valence-electron chi connectivity index (χ1n) is 19.3. The Morgan fingerprint density at radius 3 is 2.08 bits per heavy atom. The lowest BCUT2D eigenvalue weighted by Crippen LogP contribution is -2.55. The third-order valence-corrected chi connectivity index (χ3v) is 11.2. The van der Waals surface area contributed by atoms with Crippen molar-refractivity contribution in [1.29, 1.82) is 0 Å². The Hall–Kier alpha value is -3.35. The first-order chi connectivity index (χ1) is 25.1. The van der Waals surface area contributed by atoms with Crippen LogP contribution in [0, 0.1) is 29.6 Å². The number of hydrogen-bond donors (Lipinski definition) is 2. The van der Waals surface area contributed by atoms with Crippen LogP contribution in [0.25, 0.3) is 0 Å². The highest BCUT2D eigenvalue weighted by Gasteiger charge is 2.43. The van der Waals surface area contributed by atoms with Gasteiger partial charge in [0.05, 0.1) is 49.8 Å². The molecule has 300 valence electrons. The van der Waals surface area contributed by atoms with Gasteiger partial charge in [0.2, 0.25) is 17.7 Å². The van der Waals surface area contributed by atoms with Gasteiger partial charge in [-0.25, -0.2) is 4.79 Å². The average molecular weight is 745 g/mol. The van der Waals surface area contributed by atoms with E-state index in [1.165, 1.54) is 14.2 Å². The summed E-state index contributed by atoms with van der Waals surface area (Å²) in [5.41, 5.74) is 0.879. The zero-order valence-electron chi connectivity index (χ0n) is 34.3. The molecule has 0 aliphatic carbocycles. The van der Waals surface area contributed by atoms with Crippen molar-refractivity contribution in [2.45, 2.75) is 123 Å². The molecule has 3 amide bonds. The van der Waals surface area contributed by atoms with Gasteiger partial charge < -0.3 is 34.6 Å². The second-order valence-electron chi connectivity index (χ2n) is 15.4. The molecule has 0 radical (unpaired) electrons. The zero-order chi connectivity index (χ0) is 40.0. The first-order valence-corrected chi connectivity index (χ1v) is 19.3. The van der Waals surface area contributed by atoms with Crippen LogP contribution in [-0.4, -0.2) is 118 Å². The van der Waals surface area contributed by atoms with E-state index in [4.69, 9.17) is 14.2 Å². The molecule has 1 aromatic carbocycles. The smallest absolute Gasteiger partial charge is 0.328 e. The molecule has 1 aliphatic heterocycles. The van der Waals surface area contributed by atoms with Gasteiger partial charge in [-0.2, -0.15) is 0 Å². The summed E-state index contributed by atoms with van der Waals surface area (Å²) in [5, 5.41) is 5.97. The van der Waals surface area contributed by atoms with Crippen LogP contribution in [0.1, 0.15) is 86.1 Å². The molecule has 0 aromatic heterocycles. The molecular weight excluding hydrogens is 676 g/mol. The third-order valence-electron chi connectivity index (χ3n) is 11.2. The van der Waals surface area contributed by atoms with E-state index in [1.807, 2.05) is 65.0 Å². The maximum atomic E-state index is 14.2. The van der Waals surface area contributed by atoms with Gasteiger partial charge in [0.15, 0.2) is 5.78 Å². The van der Waals surface area contributed by atoms with Crippen LogP contribution in [-0.2, 0) is 44.6 Å². The number of hydrogen-bond acceptors (Lipinski definition) is 9. The number of Topliss-reactive ketones (excluding diaryl/α,β-unsaturated/α-hetero) is 1. The molecule has 53 heavy (non-hydrogen) atoms. The predicted molar refractivity (Wildman–Crippen MR) is 206 cm³/mol. The lowest BCUT2D eigenvalue weighted by atomic mass is 9.84. The summed E-state index contributed by atoms with van der Waals surface area (Å²) < 4.78 is 16.9. The van der Waals surface area contributed by atoms with Crippen molar-refractivity contribution in [1.82, 2.24) is 20.4 Å². The fraction of sp³-hybridized carbons (Fsp3) is 0.732. The number of ketones is 1. The zero-order valence-corrected chi connectivity index (χ0v) is 34.3. The topological polar surface area (TPSA) is 144 Å². The van der Waals surface area contributed by atoms with Crippen LogP contribution in [0.2, 0.25) is 0 Å². The van der Waals surface area contributed by atoms with E-state index in [-0.39, 0.29) is 72.6 Å². The lowest BCUT2D eigenvalue weighted by Gasteiger charge is -2.41. The van der Waals surface area contributed by atoms with Crippen molar-refractivity contribution >= 4 is 29.5 Å². The molecule has 2 N–H and O–H groups in total. The van der Waals surface area contributed by atoms with Gasteiger partial charge in [0.1, 0.15) is 6.04 Å². The van der Waals surface area contributed by atoms with Gasteiger partial charge >= 0.3 is 5.97 Å². The van der Waals surface area contributed by atoms with Gasteiger partial charge in [-0.15, -0.1) is 0 Å². The number of carbonyl (C=O) groups excluding carboxylic acids is 5. The van der Waals surface area contributed by atoms with Gasteiger partial charge in [-0.3, -0.25) is 19.2 Å². The highest BCUT2D eigenvalue weighted by molar-refractivity contribution is 5.90. The van der Waals surface area contributed by atoms with E-state index in [0.717, 1.165) is 18.4 Å². The van der Waals surface area contributed by atoms with Crippen molar-refractivity contribution in [3.05, 3.63) is 35.9 Å². The summed E-state index contributed by atoms with van der Waals surface area (Å²) in [6.07, 6.45) is 1.30. The maximum absolute atomic E-state index is 14.2. The van der Waals surface area contributed by atoms with Crippen molar-refractivity contribution < 1.29 is 38.2 Å². The number of esters is 1. The molecule has 1 heterocycles. The molecule has 2 rings (SSSR count). The van der Waals surface area contributed by atoms with Crippen LogP contribution in [0.5, 0.6) is 0 Å². The second kappa shape index (κ2) is 22.1. The quantitative estimate of drug-likeness (QED) is 0.166. The van der Waals surface area contributed by atoms with Crippen molar-refractivity contribution in [2.75, 3.05) is 42.0 Å². The van der Waals surface area contributed by atoms with Crippen molar-refractivity contribution in [3.63, 3.8) is 0 Å². The first kappa shape index (κ1) is 45.8. The Kier molecular flexibility index (Phi) is 19.1. The van der Waals surface area contributed by atoms with E-state index in [0.29, 0.717) is 13.0 Å². The van der Waals surface area contributed by atoms with E-state index < -0.39 is 42.1 Å². The third kappa shape index (κ3) is 12.3. The highest BCUT2D eigenvalue weighted by atomic mass is 16.5. The summed E-state index contributed by atoms with van der Waals surface area (Å²) in [6.45, 7) is 14.2. The van der Waals surface area contributed by atoms with Crippen LogP contribution >= 0.6 is 0 Å². The number of rotatable bonds is 22. The van der Waals surface area contributed by atoms with E-state index >= 15 is 0 Å². The van der Waals surface area contributed by atoms with Crippen LogP contribution in [0.3, 0.4) is 0 Å². The lowest BCUT2D eigenvalue weighted by molar-refractivity contribution is -0.149. The Bertz CT molecular complexity index is 1320.